The summed E-state index contributed by atoms with van der Waals surface area (Å²) >= 11 is 6.02. The van der Waals surface area contributed by atoms with E-state index in [1.54, 1.807) is 0 Å². The van der Waals surface area contributed by atoms with Gasteiger partial charge in [0.15, 0.2) is 0 Å². The van der Waals surface area contributed by atoms with Crippen LogP contribution in [-0.2, 0) is 16.9 Å². The van der Waals surface area contributed by atoms with Crippen LogP contribution in [0.15, 0.2) is 48.5 Å². The van der Waals surface area contributed by atoms with E-state index >= 15 is 0 Å². The number of hydrogen-bond acceptors (Lipinski definition) is 2. The third-order valence-electron chi connectivity index (χ3n) is 4.32. The van der Waals surface area contributed by atoms with Crippen LogP contribution >= 0.6 is 11.6 Å². The average Bonchev–Trinajstić information content (AvgIpc) is 2.83. The number of nitrogens with zero attached hydrogens (tertiary/aromatic N) is 1. The second-order valence-electron chi connectivity index (χ2n) is 5.68. The van der Waals surface area contributed by atoms with E-state index in [0.717, 1.165) is 10.5 Å². The second kappa shape index (κ2) is 6.24. The number of halogens is 2. The largest absolute Gasteiger partial charge is 0.325 e. The smallest absolute Gasteiger partial charge is 0.319 e. The van der Waals surface area contributed by atoms with Gasteiger partial charge in [0, 0.05) is 5.02 Å². The zero-order chi connectivity index (χ0) is 17.3. The van der Waals surface area contributed by atoms with Gasteiger partial charge in [-0.2, -0.15) is 0 Å². The quantitative estimate of drug-likeness (QED) is 0.855. The number of rotatable bonds is 4. The molecular weight excluding hydrogens is 331 g/mol. The first-order valence-electron chi connectivity index (χ1n) is 7.61. The molecule has 1 aliphatic rings. The van der Waals surface area contributed by atoms with Gasteiger partial charge in [0.1, 0.15) is 11.4 Å². The highest BCUT2D eigenvalue weighted by Crippen LogP contribution is 2.33. The number of imide groups is 1. The minimum atomic E-state index is -1.08. The zero-order valence-corrected chi connectivity index (χ0v) is 13.8. The number of benzene rings is 2. The standard InChI is InChI=1S/C18H16ClFN2O2/c1-2-18(13-6-4-3-5-7-13)16(23)22(17(24)21-18)11-12-8-9-14(20)10-15(12)19/h3-10H,2,11H2,1H3,(H,21,24). The van der Waals surface area contributed by atoms with E-state index in [4.69, 9.17) is 11.6 Å². The molecule has 0 aromatic heterocycles. The lowest BCUT2D eigenvalue weighted by molar-refractivity contribution is -0.132. The Morgan fingerprint density at radius 2 is 1.88 bits per heavy atom. The van der Waals surface area contributed by atoms with Crippen molar-refractivity contribution < 1.29 is 14.0 Å². The van der Waals surface area contributed by atoms with Crippen molar-refractivity contribution in [2.75, 3.05) is 0 Å². The number of amides is 3. The molecule has 0 radical (unpaired) electrons. The molecule has 0 spiro atoms. The molecule has 6 heteroatoms. The summed E-state index contributed by atoms with van der Waals surface area (Å²) in [5.41, 5.74) is 0.172. The Kier molecular flexibility index (Phi) is 4.28. The van der Waals surface area contributed by atoms with E-state index in [1.165, 1.54) is 18.2 Å². The molecule has 1 saturated heterocycles. The molecule has 0 aliphatic carbocycles. The minimum absolute atomic E-state index is 0.00162. The second-order valence-corrected chi connectivity index (χ2v) is 6.09. The Morgan fingerprint density at radius 1 is 1.17 bits per heavy atom. The molecule has 1 atom stereocenters. The number of hydrogen-bond donors (Lipinski definition) is 1. The fourth-order valence-electron chi connectivity index (χ4n) is 2.95. The average molecular weight is 347 g/mol. The molecule has 24 heavy (non-hydrogen) atoms. The minimum Gasteiger partial charge on any atom is -0.319 e. The van der Waals surface area contributed by atoms with Crippen molar-refractivity contribution in [1.29, 1.82) is 0 Å². The van der Waals surface area contributed by atoms with Crippen LogP contribution in [0.5, 0.6) is 0 Å². The van der Waals surface area contributed by atoms with Crippen LogP contribution in [0.4, 0.5) is 9.18 Å². The molecule has 2 aromatic carbocycles. The molecule has 0 bridgehead atoms. The van der Waals surface area contributed by atoms with Crippen molar-refractivity contribution in [2.24, 2.45) is 0 Å². The van der Waals surface area contributed by atoms with E-state index in [-0.39, 0.29) is 17.5 Å². The summed E-state index contributed by atoms with van der Waals surface area (Å²) in [5.74, 6) is -0.797. The Bertz CT molecular complexity index is 797. The lowest BCUT2D eigenvalue weighted by atomic mass is 9.87. The Labute approximate surface area is 144 Å². The van der Waals surface area contributed by atoms with Gasteiger partial charge in [-0.3, -0.25) is 9.69 Å². The van der Waals surface area contributed by atoms with E-state index in [0.29, 0.717) is 12.0 Å². The highest BCUT2D eigenvalue weighted by molar-refractivity contribution is 6.31. The summed E-state index contributed by atoms with van der Waals surface area (Å²) in [5, 5.41) is 2.99. The molecule has 1 unspecified atom stereocenters. The lowest BCUT2D eigenvalue weighted by Gasteiger charge is -2.25. The first-order valence-corrected chi connectivity index (χ1v) is 7.99. The van der Waals surface area contributed by atoms with Gasteiger partial charge in [-0.25, -0.2) is 9.18 Å². The fraction of sp³-hybridized carbons (Fsp3) is 0.222. The first kappa shape index (κ1) is 16.5. The highest BCUT2D eigenvalue weighted by atomic mass is 35.5. The maximum absolute atomic E-state index is 13.2. The Morgan fingerprint density at radius 3 is 2.50 bits per heavy atom. The van der Waals surface area contributed by atoms with Crippen LogP contribution < -0.4 is 5.32 Å². The zero-order valence-electron chi connectivity index (χ0n) is 13.1. The van der Waals surface area contributed by atoms with Crippen molar-refractivity contribution >= 4 is 23.5 Å². The summed E-state index contributed by atoms with van der Waals surface area (Å²) < 4.78 is 13.2. The van der Waals surface area contributed by atoms with Crippen molar-refractivity contribution in [1.82, 2.24) is 10.2 Å². The number of carbonyl (C=O) groups excluding carboxylic acids is 2. The van der Waals surface area contributed by atoms with Gasteiger partial charge in [-0.1, -0.05) is 54.9 Å². The van der Waals surface area contributed by atoms with Crippen molar-refractivity contribution in [2.45, 2.75) is 25.4 Å². The van der Waals surface area contributed by atoms with Crippen molar-refractivity contribution in [3.8, 4) is 0 Å². The van der Waals surface area contributed by atoms with Crippen LogP contribution in [0.3, 0.4) is 0 Å². The molecule has 1 fully saturated rings. The molecule has 2 aromatic rings. The van der Waals surface area contributed by atoms with Gasteiger partial charge in [0.2, 0.25) is 0 Å². The molecule has 124 valence electrons. The van der Waals surface area contributed by atoms with E-state index < -0.39 is 17.4 Å². The summed E-state index contributed by atoms with van der Waals surface area (Å²) in [7, 11) is 0. The molecule has 4 nitrogen and oxygen atoms in total. The van der Waals surface area contributed by atoms with Crippen LogP contribution in [0, 0.1) is 5.82 Å². The number of nitrogens with one attached hydrogen (secondary N) is 1. The summed E-state index contributed by atoms with van der Waals surface area (Å²) in [4.78, 5) is 26.5. The molecule has 1 N–H and O–H groups in total. The predicted octanol–water partition coefficient (Wildman–Crippen LogP) is 3.84. The van der Waals surface area contributed by atoms with Crippen LogP contribution in [0.1, 0.15) is 24.5 Å². The third-order valence-corrected chi connectivity index (χ3v) is 4.67. The first-order chi connectivity index (χ1) is 11.5. The van der Waals surface area contributed by atoms with Gasteiger partial charge in [0.25, 0.3) is 5.91 Å². The monoisotopic (exact) mass is 346 g/mol. The number of carbonyl (C=O) groups is 2. The van der Waals surface area contributed by atoms with Crippen LogP contribution in [0.25, 0.3) is 0 Å². The summed E-state index contributed by atoms with van der Waals surface area (Å²) in [6.07, 6.45) is 0.426. The molecular formula is C18H16ClFN2O2. The predicted molar refractivity (Wildman–Crippen MR) is 88.9 cm³/mol. The molecule has 1 aliphatic heterocycles. The van der Waals surface area contributed by atoms with Crippen LogP contribution in [-0.4, -0.2) is 16.8 Å². The van der Waals surface area contributed by atoms with E-state index in [2.05, 4.69) is 5.32 Å². The van der Waals surface area contributed by atoms with Crippen molar-refractivity contribution in [3.05, 3.63) is 70.5 Å². The van der Waals surface area contributed by atoms with Gasteiger partial charge in [0.05, 0.1) is 6.54 Å². The van der Waals surface area contributed by atoms with E-state index in [1.807, 2.05) is 37.3 Å². The molecule has 3 amide bonds. The fourth-order valence-corrected chi connectivity index (χ4v) is 3.18. The highest BCUT2D eigenvalue weighted by Gasteiger charge is 2.51. The number of urea groups is 1. The molecule has 0 saturated carbocycles. The van der Waals surface area contributed by atoms with Crippen molar-refractivity contribution in [3.63, 3.8) is 0 Å². The summed E-state index contributed by atoms with van der Waals surface area (Å²) in [6, 6.07) is 12.6. The molecule has 3 rings (SSSR count). The maximum atomic E-state index is 13.2. The van der Waals surface area contributed by atoms with Gasteiger partial charge < -0.3 is 5.32 Å². The van der Waals surface area contributed by atoms with Gasteiger partial charge >= 0.3 is 6.03 Å². The maximum Gasteiger partial charge on any atom is 0.325 e. The SMILES string of the molecule is CCC1(c2ccccc2)NC(=O)N(Cc2ccc(F)cc2Cl)C1=O. The topological polar surface area (TPSA) is 49.4 Å². The lowest BCUT2D eigenvalue weighted by Crippen LogP contribution is -2.43. The van der Waals surface area contributed by atoms with E-state index in [9.17, 15) is 14.0 Å². The third kappa shape index (κ3) is 2.65. The summed E-state index contributed by atoms with van der Waals surface area (Å²) in [6.45, 7) is 1.85. The Hall–Kier alpha value is -2.40. The Balaban J connectivity index is 1.94. The van der Waals surface area contributed by atoms with Gasteiger partial charge in [-0.05, 0) is 29.7 Å². The molecule has 1 heterocycles. The normalized spacial score (nSPS) is 20.4. The van der Waals surface area contributed by atoms with Gasteiger partial charge in [-0.15, -0.1) is 0 Å². The van der Waals surface area contributed by atoms with Crippen LogP contribution in [0.2, 0.25) is 5.02 Å².